The molecule has 0 aliphatic rings. The summed E-state index contributed by atoms with van der Waals surface area (Å²) in [4.78, 5) is 28.1. The summed E-state index contributed by atoms with van der Waals surface area (Å²) in [7, 11) is 2.90. The van der Waals surface area contributed by atoms with Crippen LogP contribution in [-0.4, -0.2) is 25.1 Å². The van der Waals surface area contributed by atoms with E-state index in [0.717, 1.165) is 0 Å². The Morgan fingerprint density at radius 1 is 1.15 bits per heavy atom. The number of nitrogens with one attached hydrogen (secondary N) is 2. The van der Waals surface area contributed by atoms with Crippen LogP contribution < -0.4 is 20.2 Å². The van der Waals surface area contributed by atoms with Crippen molar-refractivity contribution in [1.82, 2.24) is 4.98 Å². The number of pyridine rings is 1. The van der Waals surface area contributed by atoms with Gasteiger partial charge in [0.2, 0.25) is 5.43 Å². The molecular weight excluding hydrogens is 334 g/mol. The number of amides is 1. The molecule has 3 aromatic rings. The van der Waals surface area contributed by atoms with E-state index in [2.05, 4.69) is 10.3 Å². The molecule has 0 radical (unpaired) electrons. The van der Waals surface area contributed by atoms with E-state index >= 15 is 0 Å². The SMILES string of the molecule is COc1cc(C#N)c(NC(=O)c2c[nH]c3ccccc3c2=O)cc1OC. The molecule has 1 aromatic heterocycles. The summed E-state index contributed by atoms with van der Waals surface area (Å²) < 4.78 is 10.3. The zero-order chi connectivity index (χ0) is 18.7. The predicted molar refractivity (Wildman–Crippen MR) is 96.8 cm³/mol. The summed E-state index contributed by atoms with van der Waals surface area (Å²) in [5, 5.41) is 12.3. The number of methoxy groups -OCH3 is 2. The summed E-state index contributed by atoms with van der Waals surface area (Å²) in [6, 6.07) is 11.8. The van der Waals surface area contributed by atoms with E-state index in [1.807, 2.05) is 6.07 Å². The van der Waals surface area contributed by atoms with Crippen LogP contribution in [-0.2, 0) is 0 Å². The van der Waals surface area contributed by atoms with E-state index in [-0.39, 0.29) is 16.8 Å². The summed E-state index contributed by atoms with van der Waals surface area (Å²) >= 11 is 0. The topological polar surface area (TPSA) is 104 Å². The van der Waals surface area contributed by atoms with Crippen LogP contribution in [0.3, 0.4) is 0 Å². The van der Waals surface area contributed by atoms with Crippen LogP contribution in [0.25, 0.3) is 10.9 Å². The first kappa shape index (κ1) is 17.0. The number of hydrogen-bond acceptors (Lipinski definition) is 5. The normalized spacial score (nSPS) is 10.2. The fourth-order valence-corrected chi connectivity index (χ4v) is 2.60. The zero-order valence-corrected chi connectivity index (χ0v) is 14.1. The van der Waals surface area contributed by atoms with E-state index in [1.165, 1.54) is 32.5 Å². The number of anilines is 1. The first-order valence-corrected chi connectivity index (χ1v) is 7.67. The molecule has 0 aliphatic carbocycles. The number of benzene rings is 2. The lowest BCUT2D eigenvalue weighted by molar-refractivity contribution is 0.102. The molecule has 0 bridgehead atoms. The maximum Gasteiger partial charge on any atom is 0.261 e. The van der Waals surface area contributed by atoms with Gasteiger partial charge in [0, 0.05) is 29.2 Å². The van der Waals surface area contributed by atoms with Crippen LogP contribution in [0.15, 0.2) is 47.4 Å². The van der Waals surface area contributed by atoms with Gasteiger partial charge in [-0.15, -0.1) is 0 Å². The average molecular weight is 349 g/mol. The Morgan fingerprint density at radius 2 is 1.85 bits per heavy atom. The van der Waals surface area contributed by atoms with Crippen molar-refractivity contribution >= 4 is 22.5 Å². The van der Waals surface area contributed by atoms with Gasteiger partial charge >= 0.3 is 0 Å². The lowest BCUT2D eigenvalue weighted by atomic mass is 10.1. The summed E-state index contributed by atoms with van der Waals surface area (Å²) in [5.74, 6) is 0.0977. The van der Waals surface area contributed by atoms with Crippen molar-refractivity contribution in [3.63, 3.8) is 0 Å². The number of aromatic nitrogens is 1. The van der Waals surface area contributed by atoms with Gasteiger partial charge in [0.1, 0.15) is 11.6 Å². The fraction of sp³-hybridized carbons (Fsp3) is 0.105. The molecule has 0 saturated heterocycles. The molecule has 0 aliphatic heterocycles. The first-order valence-electron chi connectivity index (χ1n) is 7.67. The minimum Gasteiger partial charge on any atom is -0.493 e. The maximum atomic E-state index is 12.6. The van der Waals surface area contributed by atoms with Crippen molar-refractivity contribution in [2.45, 2.75) is 0 Å². The number of hydrogen-bond donors (Lipinski definition) is 2. The van der Waals surface area contributed by atoms with Crippen molar-refractivity contribution in [3.8, 4) is 17.6 Å². The third-order valence-electron chi connectivity index (χ3n) is 3.93. The highest BCUT2D eigenvalue weighted by molar-refractivity contribution is 6.06. The third-order valence-corrected chi connectivity index (χ3v) is 3.93. The number of carbonyl (C=O) groups excluding carboxylic acids is 1. The van der Waals surface area contributed by atoms with Crippen molar-refractivity contribution in [2.75, 3.05) is 19.5 Å². The van der Waals surface area contributed by atoms with E-state index in [0.29, 0.717) is 22.4 Å². The van der Waals surface area contributed by atoms with Gasteiger partial charge in [0.15, 0.2) is 11.5 Å². The van der Waals surface area contributed by atoms with Crippen molar-refractivity contribution in [3.05, 3.63) is 63.9 Å². The molecule has 26 heavy (non-hydrogen) atoms. The second-order valence-corrected chi connectivity index (χ2v) is 5.40. The Kier molecular flexibility index (Phi) is 4.58. The number of para-hydroxylation sites is 1. The smallest absolute Gasteiger partial charge is 0.261 e. The minimum absolute atomic E-state index is 0.0534. The van der Waals surface area contributed by atoms with Gasteiger partial charge in [-0.1, -0.05) is 12.1 Å². The largest absolute Gasteiger partial charge is 0.493 e. The van der Waals surface area contributed by atoms with Gasteiger partial charge in [0.05, 0.1) is 25.5 Å². The third kappa shape index (κ3) is 2.96. The molecule has 2 aromatic carbocycles. The quantitative estimate of drug-likeness (QED) is 0.753. The molecule has 7 heteroatoms. The van der Waals surface area contributed by atoms with Crippen LogP contribution in [0.1, 0.15) is 15.9 Å². The first-order chi connectivity index (χ1) is 12.6. The molecule has 1 amide bonds. The second kappa shape index (κ2) is 6.99. The summed E-state index contributed by atoms with van der Waals surface area (Å²) in [6.45, 7) is 0. The zero-order valence-electron chi connectivity index (χ0n) is 14.1. The molecule has 7 nitrogen and oxygen atoms in total. The van der Waals surface area contributed by atoms with Crippen LogP contribution >= 0.6 is 0 Å². The van der Waals surface area contributed by atoms with Gasteiger partial charge in [-0.05, 0) is 12.1 Å². The van der Waals surface area contributed by atoms with E-state index < -0.39 is 11.3 Å². The Hall–Kier alpha value is -3.79. The van der Waals surface area contributed by atoms with Crippen LogP contribution in [0.2, 0.25) is 0 Å². The van der Waals surface area contributed by atoms with Gasteiger partial charge in [-0.3, -0.25) is 9.59 Å². The Bertz CT molecular complexity index is 1100. The number of nitriles is 1. The fourth-order valence-electron chi connectivity index (χ4n) is 2.60. The van der Waals surface area contributed by atoms with Gasteiger partial charge < -0.3 is 19.8 Å². The van der Waals surface area contributed by atoms with Crippen molar-refractivity contribution < 1.29 is 14.3 Å². The van der Waals surface area contributed by atoms with E-state index in [4.69, 9.17) is 9.47 Å². The molecule has 0 spiro atoms. The number of rotatable bonds is 4. The molecule has 0 unspecified atom stereocenters. The van der Waals surface area contributed by atoms with Gasteiger partial charge in [-0.2, -0.15) is 5.26 Å². The van der Waals surface area contributed by atoms with Crippen molar-refractivity contribution in [1.29, 1.82) is 5.26 Å². The molecule has 0 atom stereocenters. The molecule has 2 N–H and O–H groups in total. The molecule has 0 fully saturated rings. The Balaban J connectivity index is 2.02. The van der Waals surface area contributed by atoms with Crippen LogP contribution in [0, 0.1) is 11.3 Å². The molecule has 130 valence electrons. The highest BCUT2D eigenvalue weighted by Crippen LogP contribution is 2.33. The number of fused-ring (bicyclic) bond motifs is 1. The lowest BCUT2D eigenvalue weighted by Gasteiger charge is -2.12. The maximum absolute atomic E-state index is 12.6. The highest BCUT2D eigenvalue weighted by atomic mass is 16.5. The average Bonchev–Trinajstić information content (AvgIpc) is 2.67. The molecule has 0 saturated carbocycles. The van der Waals surface area contributed by atoms with Crippen molar-refractivity contribution in [2.24, 2.45) is 0 Å². The monoisotopic (exact) mass is 349 g/mol. The molecule has 3 rings (SSSR count). The van der Waals surface area contributed by atoms with E-state index in [1.54, 1.807) is 24.3 Å². The number of nitrogens with zero attached hydrogens (tertiary/aromatic N) is 1. The second-order valence-electron chi connectivity index (χ2n) is 5.40. The predicted octanol–water partition coefficient (Wildman–Crippen LogP) is 2.67. The molecular formula is C19H15N3O4. The van der Waals surface area contributed by atoms with Gasteiger partial charge in [0.25, 0.3) is 5.91 Å². The standard InChI is InChI=1S/C19H15N3O4/c1-25-16-7-11(9-20)15(8-17(16)26-2)22-19(24)13-10-21-14-6-4-3-5-12(14)18(13)23/h3-8,10H,1-2H3,(H,21,23)(H,22,24). The number of H-pyrrole nitrogens is 1. The number of carbonyl (C=O) groups is 1. The minimum atomic E-state index is -0.624. The number of aromatic amines is 1. The van der Waals surface area contributed by atoms with Crippen LogP contribution in [0.5, 0.6) is 11.5 Å². The van der Waals surface area contributed by atoms with E-state index in [9.17, 15) is 14.9 Å². The molecule has 1 heterocycles. The summed E-state index contributed by atoms with van der Waals surface area (Å²) in [6.07, 6.45) is 1.35. The Labute approximate surface area is 148 Å². The lowest BCUT2D eigenvalue weighted by Crippen LogP contribution is -2.22. The highest BCUT2D eigenvalue weighted by Gasteiger charge is 2.17. The summed E-state index contributed by atoms with van der Waals surface area (Å²) in [5.41, 5.74) is 0.604. The van der Waals surface area contributed by atoms with Gasteiger partial charge in [-0.25, -0.2) is 0 Å². The number of ether oxygens (including phenoxy) is 2. The Morgan fingerprint density at radius 3 is 2.54 bits per heavy atom. The van der Waals surface area contributed by atoms with Crippen LogP contribution in [0.4, 0.5) is 5.69 Å².